The molecule has 2 aromatic carbocycles. The Bertz CT molecular complexity index is 1070. The number of hydrogen-bond donors (Lipinski definition) is 1. The third-order valence-corrected chi connectivity index (χ3v) is 5.26. The average molecular weight is 420 g/mol. The number of carbonyl (C=O) groups excluding carboxylic acids is 2. The zero-order valence-electron chi connectivity index (χ0n) is 17.6. The van der Waals surface area contributed by atoms with Crippen LogP contribution in [0, 0.1) is 11.7 Å². The minimum atomic E-state index is -0.351. The van der Waals surface area contributed by atoms with Gasteiger partial charge in [0, 0.05) is 23.6 Å². The Kier molecular flexibility index (Phi) is 5.84. The summed E-state index contributed by atoms with van der Waals surface area (Å²) in [5.74, 6) is -0.119. The summed E-state index contributed by atoms with van der Waals surface area (Å²) in [7, 11) is 0. The number of benzene rings is 2. The molecule has 0 aliphatic heterocycles. The molecular weight excluding hydrogens is 395 g/mol. The number of nitrogens with one attached hydrogen (secondary N) is 1. The van der Waals surface area contributed by atoms with Crippen LogP contribution in [0.15, 0.2) is 60.7 Å². The van der Waals surface area contributed by atoms with Gasteiger partial charge in [-0.25, -0.2) is 9.07 Å². The van der Waals surface area contributed by atoms with Crippen molar-refractivity contribution in [2.24, 2.45) is 5.92 Å². The molecule has 3 aromatic rings. The molecule has 2 amide bonds. The molecule has 1 fully saturated rings. The molecule has 0 unspecified atom stereocenters. The van der Waals surface area contributed by atoms with Crippen LogP contribution < -0.4 is 5.32 Å². The van der Waals surface area contributed by atoms with E-state index in [9.17, 15) is 14.0 Å². The second-order valence-electron chi connectivity index (χ2n) is 8.05. The molecule has 1 aromatic heterocycles. The lowest BCUT2D eigenvalue weighted by Gasteiger charge is -2.26. The zero-order valence-corrected chi connectivity index (χ0v) is 17.6. The third kappa shape index (κ3) is 4.82. The smallest absolute Gasteiger partial charge is 0.245 e. The molecule has 0 saturated heterocycles. The van der Waals surface area contributed by atoms with E-state index in [1.807, 2.05) is 44.2 Å². The van der Waals surface area contributed by atoms with E-state index in [0.717, 1.165) is 18.4 Å². The second-order valence-corrected chi connectivity index (χ2v) is 8.05. The van der Waals surface area contributed by atoms with Crippen LogP contribution in [0.2, 0.25) is 0 Å². The lowest BCUT2D eigenvalue weighted by atomic mass is 10.1. The fraction of sp³-hybridized carbons (Fsp3) is 0.292. The van der Waals surface area contributed by atoms with Crippen LogP contribution >= 0.6 is 0 Å². The summed E-state index contributed by atoms with van der Waals surface area (Å²) in [4.78, 5) is 27.0. The van der Waals surface area contributed by atoms with Gasteiger partial charge in [-0.1, -0.05) is 30.3 Å². The summed E-state index contributed by atoms with van der Waals surface area (Å²) in [6.45, 7) is 3.79. The third-order valence-electron chi connectivity index (χ3n) is 5.26. The van der Waals surface area contributed by atoms with Crippen LogP contribution in [0.1, 0.15) is 26.7 Å². The Morgan fingerprint density at radius 1 is 1.13 bits per heavy atom. The van der Waals surface area contributed by atoms with Crippen LogP contribution in [-0.4, -0.2) is 39.1 Å². The van der Waals surface area contributed by atoms with E-state index < -0.39 is 0 Å². The number of nitrogens with zero attached hydrogens (tertiary/aromatic N) is 3. The highest BCUT2D eigenvalue weighted by Gasteiger charge is 2.35. The first kappa shape index (κ1) is 20.8. The molecule has 0 radical (unpaired) electrons. The number of amides is 2. The van der Waals surface area contributed by atoms with Crippen molar-refractivity contribution in [2.75, 3.05) is 11.9 Å². The monoisotopic (exact) mass is 420 g/mol. The first-order chi connectivity index (χ1) is 14.9. The lowest BCUT2D eigenvalue weighted by Crippen LogP contribution is -2.43. The van der Waals surface area contributed by atoms with Crippen LogP contribution in [0.4, 0.5) is 10.2 Å². The Morgan fingerprint density at radius 3 is 2.42 bits per heavy atom. The number of rotatable bonds is 7. The largest absolute Gasteiger partial charge is 0.331 e. The highest BCUT2D eigenvalue weighted by Crippen LogP contribution is 2.31. The zero-order chi connectivity index (χ0) is 22.0. The van der Waals surface area contributed by atoms with E-state index >= 15 is 0 Å². The first-order valence-corrected chi connectivity index (χ1v) is 10.4. The highest BCUT2D eigenvalue weighted by molar-refractivity contribution is 5.95. The van der Waals surface area contributed by atoms with Gasteiger partial charge in [0.25, 0.3) is 0 Å². The fourth-order valence-corrected chi connectivity index (χ4v) is 3.42. The van der Waals surface area contributed by atoms with Crippen LogP contribution in [-0.2, 0) is 9.59 Å². The maximum atomic E-state index is 13.4. The molecule has 0 spiro atoms. The molecule has 31 heavy (non-hydrogen) atoms. The van der Waals surface area contributed by atoms with Gasteiger partial charge in [-0.15, -0.1) is 0 Å². The summed E-state index contributed by atoms with van der Waals surface area (Å²) in [5.41, 5.74) is 2.19. The fourth-order valence-electron chi connectivity index (χ4n) is 3.42. The first-order valence-electron chi connectivity index (χ1n) is 10.4. The van der Waals surface area contributed by atoms with Crippen molar-refractivity contribution in [1.29, 1.82) is 0 Å². The molecule has 1 N–H and O–H groups in total. The maximum Gasteiger partial charge on any atom is 0.245 e. The number of aromatic nitrogens is 2. The van der Waals surface area contributed by atoms with Crippen LogP contribution in [0.25, 0.3) is 16.9 Å². The van der Waals surface area contributed by atoms with Gasteiger partial charge < -0.3 is 10.2 Å². The summed E-state index contributed by atoms with van der Waals surface area (Å²) < 4.78 is 15.0. The van der Waals surface area contributed by atoms with Crippen molar-refractivity contribution in [1.82, 2.24) is 14.7 Å². The van der Waals surface area contributed by atoms with Gasteiger partial charge in [-0.05, 0) is 51.0 Å². The minimum Gasteiger partial charge on any atom is -0.331 e. The summed E-state index contributed by atoms with van der Waals surface area (Å²) in [6, 6.07) is 17.2. The van der Waals surface area contributed by atoms with Crippen molar-refractivity contribution in [3.63, 3.8) is 0 Å². The minimum absolute atomic E-state index is 0.0255. The predicted molar refractivity (Wildman–Crippen MR) is 117 cm³/mol. The van der Waals surface area contributed by atoms with Gasteiger partial charge >= 0.3 is 0 Å². The Balaban J connectivity index is 1.61. The Morgan fingerprint density at radius 2 is 1.81 bits per heavy atom. The van der Waals surface area contributed by atoms with Gasteiger partial charge in [-0.3, -0.25) is 9.59 Å². The van der Waals surface area contributed by atoms with E-state index in [4.69, 9.17) is 0 Å². The van der Waals surface area contributed by atoms with Crippen molar-refractivity contribution in [2.45, 2.75) is 32.7 Å². The van der Waals surface area contributed by atoms with E-state index in [1.54, 1.807) is 27.8 Å². The molecular formula is C24H25FN4O2. The van der Waals surface area contributed by atoms with E-state index in [1.165, 1.54) is 12.1 Å². The average Bonchev–Trinajstić information content (AvgIpc) is 3.53. The van der Waals surface area contributed by atoms with Crippen LogP contribution in [0.3, 0.4) is 0 Å². The van der Waals surface area contributed by atoms with Gasteiger partial charge in [0.1, 0.15) is 18.2 Å². The lowest BCUT2D eigenvalue weighted by molar-refractivity contribution is -0.137. The molecule has 1 aliphatic carbocycles. The number of anilines is 1. The number of halogens is 1. The van der Waals surface area contributed by atoms with Crippen molar-refractivity contribution >= 4 is 17.6 Å². The van der Waals surface area contributed by atoms with Gasteiger partial charge in [0.15, 0.2) is 0 Å². The normalized spacial score (nSPS) is 13.3. The Hall–Kier alpha value is -3.48. The molecule has 1 saturated carbocycles. The second kappa shape index (κ2) is 8.71. The van der Waals surface area contributed by atoms with E-state index in [-0.39, 0.29) is 36.1 Å². The standard InChI is InChI=1S/C24H25FN4O2/c1-16(2)28(24(31)18-8-9-18)15-23(30)26-22-14-21(17-6-4-3-5-7-17)27-29(22)20-12-10-19(25)11-13-20/h3-7,10-14,16,18H,8-9,15H2,1-2H3,(H,26,30). The van der Waals surface area contributed by atoms with E-state index in [0.29, 0.717) is 17.2 Å². The molecule has 6 nitrogen and oxygen atoms in total. The van der Waals surface area contributed by atoms with Gasteiger partial charge in [0.2, 0.25) is 11.8 Å². The number of hydrogen-bond acceptors (Lipinski definition) is 3. The molecule has 0 atom stereocenters. The molecule has 160 valence electrons. The summed E-state index contributed by atoms with van der Waals surface area (Å²) in [5, 5.41) is 7.51. The highest BCUT2D eigenvalue weighted by atomic mass is 19.1. The predicted octanol–water partition coefficient (Wildman–Crippen LogP) is 4.26. The topological polar surface area (TPSA) is 67.2 Å². The molecule has 4 rings (SSSR count). The number of carbonyl (C=O) groups is 2. The molecule has 7 heteroatoms. The van der Waals surface area contributed by atoms with Crippen LogP contribution in [0.5, 0.6) is 0 Å². The Labute approximate surface area is 180 Å². The van der Waals surface area contributed by atoms with Crippen molar-refractivity contribution in [3.8, 4) is 16.9 Å². The van der Waals surface area contributed by atoms with Crippen molar-refractivity contribution in [3.05, 3.63) is 66.5 Å². The van der Waals surface area contributed by atoms with Crippen molar-refractivity contribution < 1.29 is 14.0 Å². The summed E-state index contributed by atoms with van der Waals surface area (Å²) in [6.07, 6.45) is 1.78. The molecule has 1 aliphatic rings. The quantitative estimate of drug-likeness (QED) is 0.621. The molecule has 0 bridgehead atoms. The maximum absolute atomic E-state index is 13.4. The van der Waals surface area contributed by atoms with Gasteiger partial charge in [-0.2, -0.15) is 5.10 Å². The SMILES string of the molecule is CC(C)N(CC(=O)Nc1cc(-c2ccccc2)nn1-c1ccc(F)cc1)C(=O)C1CC1. The van der Waals surface area contributed by atoms with E-state index in [2.05, 4.69) is 10.4 Å². The summed E-state index contributed by atoms with van der Waals surface area (Å²) >= 11 is 0. The van der Waals surface area contributed by atoms with Gasteiger partial charge in [0.05, 0.1) is 11.4 Å². The molecule has 1 heterocycles.